The number of carbonyl (C=O) groups is 3. The van der Waals surface area contributed by atoms with Gasteiger partial charge in [-0.15, -0.1) is 0 Å². The third-order valence-electron chi connectivity index (χ3n) is 5.63. The van der Waals surface area contributed by atoms with Gasteiger partial charge in [0, 0.05) is 18.3 Å². The molecule has 3 aliphatic rings. The first-order valence-corrected chi connectivity index (χ1v) is 8.48. The predicted molar refractivity (Wildman–Crippen MR) is 88.4 cm³/mol. The van der Waals surface area contributed by atoms with E-state index >= 15 is 0 Å². The molecule has 3 heterocycles. The first-order chi connectivity index (χ1) is 11.4. The summed E-state index contributed by atoms with van der Waals surface area (Å²) in [5.41, 5.74) is 0.0455. The lowest BCUT2D eigenvalue weighted by molar-refractivity contribution is -0.136. The van der Waals surface area contributed by atoms with E-state index in [1.165, 1.54) is 4.90 Å². The van der Waals surface area contributed by atoms with Gasteiger partial charge in [-0.05, 0) is 45.2 Å². The van der Waals surface area contributed by atoms with E-state index in [4.69, 9.17) is 0 Å². The van der Waals surface area contributed by atoms with Gasteiger partial charge in [-0.25, -0.2) is 9.69 Å². The number of para-hydroxylation sites is 1. The Morgan fingerprint density at radius 1 is 1.08 bits per heavy atom. The molecule has 4 rings (SSSR count). The smallest absolute Gasteiger partial charge is 0.310 e. The Kier molecular flexibility index (Phi) is 3.20. The summed E-state index contributed by atoms with van der Waals surface area (Å²) in [6.45, 7) is 4.37. The highest BCUT2D eigenvalue weighted by Gasteiger charge is 2.60. The zero-order valence-electron chi connectivity index (χ0n) is 13.9. The number of hydrogen-bond donors (Lipinski definition) is 0. The summed E-state index contributed by atoms with van der Waals surface area (Å²) in [7, 11) is 0. The molecule has 0 radical (unpaired) electrons. The summed E-state index contributed by atoms with van der Waals surface area (Å²) in [5, 5.41) is 0. The molecule has 4 amide bonds. The van der Waals surface area contributed by atoms with Crippen molar-refractivity contribution in [2.45, 2.75) is 50.7 Å². The predicted octanol–water partition coefficient (Wildman–Crippen LogP) is 2.00. The molecule has 1 aromatic carbocycles. The fourth-order valence-electron chi connectivity index (χ4n) is 4.34. The lowest BCUT2D eigenvalue weighted by atomic mass is 9.98. The third kappa shape index (κ3) is 1.85. The minimum atomic E-state index is -0.763. The summed E-state index contributed by atoms with van der Waals surface area (Å²) in [6.07, 6.45) is 2.00. The van der Waals surface area contributed by atoms with Gasteiger partial charge >= 0.3 is 6.03 Å². The van der Waals surface area contributed by atoms with Gasteiger partial charge in [-0.3, -0.25) is 9.59 Å². The van der Waals surface area contributed by atoms with Crippen molar-refractivity contribution in [1.29, 1.82) is 0 Å². The Morgan fingerprint density at radius 2 is 1.79 bits per heavy atom. The summed E-state index contributed by atoms with van der Waals surface area (Å²) in [4.78, 5) is 43.2. The lowest BCUT2D eigenvalue weighted by Crippen LogP contribution is -2.47. The molecule has 0 N–H and O–H groups in total. The highest BCUT2D eigenvalue weighted by atomic mass is 16.2. The molecule has 0 aliphatic carbocycles. The van der Waals surface area contributed by atoms with Crippen molar-refractivity contribution in [3.05, 3.63) is 30.3 Å². The fourth-order valence-corrected chi connectivity index (χ4v) is 4.34. The Balaban J connectivity index is 1.65. The summed E-state index contributed by atoms with van der Waals surface area (Å²) >= 11 is 0. The molecule has 3 atom stereocenters. The summed E-state index contributed by atoms with van der Waals surface area (Å²) in [6, 6.07) is 8.37. The van der Waals surface area contributed by atoms with Crippen molar-refractivity contribution in [2.24, 2.45) is 0 Å². The maximum atomic E-state index is 13.0. The molecule has 0 spiro atoms. The fraction of sp³-hybridized carbons (Fsp3) is 0.500. The maximum Gasteiger partial charge on any atom is 0.328 e. The first-order valence-electron chi connectivity index (χ1n) is 8.48. The number of amides is 4. The minimum absolute atomic E-state index is 0.0475. The molecule has 3 aliphatic heterocycles. The molecule has 6 heteroatoms. The standard InChI is InChI=1S/C18H21N3O3/c1-12-11-14(15(22)20(12)13-7-4-3-5-8-13)21-16(23)18(2)9-6-10-19(18)17(21)24/h3-5,7-8,12,14H,6,9-11H2,1-2H3/t12-,14+,18+/m1/s1. The van der Waals surface area contributed by atoms with E-state index in [0.717, 1.165) is 12.1 Å². The van der Waals surface area contributed by atoms with Crippen LogP contribution in [0.4, 0.5) is 10.5 Å². The van der Waals surface area contributed by atoms with Crippen molar-refractivity contribution in [3.8, 4) is 0 Å². The quantitative estimate of drug-likeness (QED) is 0.781. The number of benzene rings is 1. The topological polar surface area (TPSA) is 60.9 Å². The second-order valence-electron chi connectivity index (χ2n) is 7.13. The Morgan fingerprint density at radius 3 is 2.46 bits per heavy atom. The Hall–Kier alpha value is -2.37. The average molecular weight is 327 g/mol. The monoisotopic (exact) mass is 327 g/mol. The largest absolute Gasteiger partial charge is 0.328 e. The third-order valence-corrected chi connectivity index (χ3v) is 5.63. The van der Waals surface area contributed by atoms with E-state index < -0.39 is 11.6 Å². The van der Waals surface area contributed by atoms with Gasteiger partial charge in [-0.2, -0.15) is 0 Å². The second kappa shape index (κ2) is 5.06. The van der Waals surface area contributed by atoms with Gasteiger partial charge in [0.2, 0.25) is 0 Å². The zero-order valence-corrected chi connectivity index (χ0v) is 13.9. The van der Waals surface area contributed by atoms with Crippen LogP contribution < -0.4 is 4.90 Å². The van der Waals surface area contributed by atoms with Crippen molar-refractivity contribution in [1.82, 2.24) is 9.80 Å². The van der Waals surface area contributed by atoms with Crippen molar-refractivity contribution in [2.75, 3.05) is 11.4 Å². The van der Waals surface area contributed by atoms with E-state index in [9.17, 15) is 14.4 Å². The molecule has 0 aromatic heterocycles. The average Bonchev–Trinajstić information content (AvgIpc) is 3.14. The number of imide groups is 1. The van der Waals surface area contributed by atoms with Crippen LogP contribution in [0.3, 0.4) is 0 Å². The highest BCUT2D eigenvalue weighted by molar-refractivity contribution is 6.12. The zero-order chi connectivity index (χ0) is 17.1. The molecule has 0 bridgehead atoms. The molecule has 0 saturated carbocycles. The van der Waals surface area contributed by atoms with Gasteiger partial charge in [0.05, 0.1) is 0 Å². The van der Waals surface area contributed by atoms with Crippen LogP contribution in [-0.4, -0.2) is 51.8 Å². The number of fused-ring (bicyclic) bond motifs is 1. The van der Waals surface area contributed by atoms with Gasteiger partial charge < -0.3 is 9.80 Å². The first kappa shape index (κ1) is 15.2. The molecule has 6 nitrogen and oxygen atoms in total. The Labute approximate surface area is 141 Å². The highest BCUT2D eigenvalue weighted by Crippen LogP contribution is 2.40. The second-order valence-corrected chi connectivity index (χ2v) is 7.13. The molecular formula is C18H21N3O3. The number of hydrogen-bond acceptors (Lipinski definition) is 3. The van der Waals surface area contributed by atoms with Crippen LogP contribution in [0.2, 0.25) is 0 Å². The van der Waals surface area contributed by atoms with E-state index in [1.807, 2.05) is 44.2 Å². The lowest BCUT2D eigenvalue weighted by Gasteiger charge is -2.23. The van der Waals surface area contributed by atoms with E-state index in [2.05, 4.69) is 0 Å². The summed E-state index contributed by atoms with van der Waals surface area (Å²) in [5.74, 6) is -0.384. The molecule has 3 saturated heterocycles. The Bertz CT molecular complexity index is 719. The normalized spacial score (nSPS) is 32.9. The van der Waals surface area contributed by atoms with Gasteiger partial charge in [-0.1, -0.05) is 18.2 Å². The number of rotatable bonds is 2. The molecule has 0 unspecified atom stereocenters. The van der Waals surface area contributed by atoms with Crippen LogP contribution >= 0.6 is 0 Å². The molecule has 1 aromatic rings. The minimum Gasteiger partial charge on any atom is -0.310 e. The van der Waals surface area contributed by atoms with Crippen LogP contribution in [0, 0.1) is 0 Å². The molecule has 126 valence electrons. The van der Waals surface area contributed by atoms with Crippen LogP contribution in [0.25, 0.3) is 0 Å². The van der Waals surface area contributed by atoms with Crippen LogP contribution in [0.1, 0.15) is 33.1 Å². The van der Waals surface area contributed by atoms with Crippen LogP contribution in [-0.2, 0) is 9.59 Å². The number of urea groups is 1. The molecular weight excluding hydrogens is 306 g/mol. The number of nitrogens with zero attached hydrogens (tertiary/aromatic N) is 3. The molecule has 24 heavy (non-hydrogen) atoms. The van der Waals surface area contributed by atoms with Crippen LogP contribution in [0.15, 0.2) is 30.3 Å². The van der Waals surface area contributed by atoms with Gasteiger partial charge in [0.15, 0.2) is 0 Å². The van der Waals surface area contributed by atoms with Crippen LogP contribution in [0.5, 0.6) is 0 Å². The van der Waals surface area contributed by atoms with Gasteiger partial charge in [0.1, 0.15) is 11.6 Å². The SMILES string of the molecule is C[C@@H]1C[C@H](N2C(=O)N3CCC[C@@]3(C)C2=O)C(=O)N1c1ccccc1. The van der Waals surface area contributed by atoms with Crippen molar-refractivity contribution < 1.29 is 14.4 Å². The van der Waals surface area contributed by atoms with E-state index in [-0.39, 0.29) is 23.9 Å². The summed E-state index contributed by atoms with van der Waals surface area (Å²) < 4.78 is 0. The maximum absolute atomic E-state index is 13.0. The molecule has 3 fully saturated rings. The van der Waals surface area contributed by atoms with Crippen molar-refractivity contribution >= 4 is 23.5 Å². The van der Waals surface area contributed by atoms with Gasteiger partial charge in [0.25, 0.3) is 11.8 Å². The van der Waals surface area contributed by atoms with Crippen molar-refractivity contribution in [3.63, 3.8) is 0 Å². The number of anilines is 1. The van der Waals surface area contributed by atoms with E-state index in [1.54, 1.807) is 9.80 Å². The number of carbonyl (C=O) groups excluding carboxylic acids is 3. The van der Waals surface area contributed by atoms with E-state index in [0.29, 0.717) is 19.4 Å².